The van der Waals surface area contributed by atoms with Gasteiger partial charge in [-0.1, -0.05) is 43.7 Å². The van der Waals surface area contributed by atoms with E-state index in [2.05, 4.69) is 26.6 Å². The van der Waals surface area contributed by atoms with E-state index in [4.69, 9.17) is 4.74 Å². The van der Waals surface area contributed by atoms with Gasteiger partial charge in [-0.3, -0.25) is 9.71 Å². The molecule has 2 aromatic carbocycles. The molecule has 4 aromatic rings. The molecule has 2 aromatic heterocycles. The predicted octanol–water partition coefficient (Wildman–Crippen LogP) is 4.36. The molecule has 0 saturated carbocycles. The molecule has 0 radical (unpaired) electrons. The Morgan fingerprint density at radius 2 is 1.65 bits per heavy atom. The van der Waals surface area contributed by atoms with Gasteiger partial charge in [-0.25, -0.2) is 18.4 Å². The lowest BCUT2D eigenvalue weighted by molar-refractivity contribution is 0.295. The van der Waals surface area contributed by atoms with Crippen molar-refractivity contribution in [1.29, 1.82) is 0 Å². The molecule has 8 heteroatoms. The highest BCUT2D eigenvalue weighted by atomic mass is 32.2. The first kappa shape index (κ1) is 20.7. The van der Waals surface area contributed by atoms with Gasteiger partial charge in [0.05, 0.1) is 15.9 Å². The minimum Gasteiger partial charge on any atom is -0.470 e. The maximum atomic E-state index is 13.0. The summed E-state index contributed by atoms with van der Waals surface area (Å²) in [6, 6.07) is 17.7. The van der Waals surface area contributed by atoms with Gasteiger partial charge >= 0.3 is 0 Å². The second-order valence-corrected chi connectivity index (χ2v) is 8.70. The van der Waals surface area contributed by atoms with Gasteiger partial charge in [0.1, 0.15) is 6.61 Å². The fourth-order valence-electron chi connectivity index (χ4n) is 3.10. The highest BCUT2D eigenvalue weighted by Crippen LogP contribution is 2.27. The fourth-order valence-corrected chi connectivity index (χ4v) is 4.10. The number of hydrogen-bond acceptors (Lipinski definition) is 6. The first-order chi connectivity index (χ1) is 15.0. The number of hydrogen-bond donors (Lipinski definition) is 1. The Hall–Kier alpha value is -3.52. The van der Waals surface area contributed by atoms with Crippen LogP contribution in [0.5, 0.6) is 5.88 Å². The van der Waals surface area contributed by atoms with Crippen LogP contribution in [0.25, 0.3) is 11.0 Å². The number of aromatic nitrogens is 3. The van der Waals surface area contributed by atoms with Gasteiger partial charge in [-0.15, -0.1) is 0 Å². The molecule has 4 rings (SSSR count). The van der Waals surface area contributed by atoms with Gasteiger partial charge in [0, 0.05) is 18.0 Å². The molecule has 0 bridgehead atoms. The van der Waals surface area contributed by atoms with Crippen LogP contribution >= 0.6 is 0 Å². The van der Waals surface area contributed by atoms with Crippen LogP contribution in [0.3, 0.4) is 0 Å². The summed E-state index contributed by atoms with van der Waals surface area (Å²) in [5.41, 5.74) is 3.09. The molecule has 0 amide bonds. The largest absolute Gasteiger partial charge is 0.470 e. The van der Waals surface area contributed by atoms with Crippen LogP contribution in [0.1, 0.15) is 24.5 Å². The predicted molar refractivity (Wildman–Crippen MR) is 119 cm³/mol. The van der Waals surface area contributed by atoms with Crippen molar-refractivity contribution in [3.63, 3.8) is 0 Å². The number of rotatable bonds is 8. The lowest BCUT2D eigenvalue weighted by Gasteiger charge is -2.13. The van der Waals surface area contributed by atoms with Crippen molar-refractivity contribution >= 4 is 26.9 Å². The van der Waals surface area contributed by atoms with E-state index >= 15 is 0 Å². The molecule has 0 atom stereocenters. The number of aryl methyl sites for hydroxylation is 1. The molecule has 0 aliphatic rings. The lowest BCUT2D eigenvalue weighted by atomic mass is 10.1. The average molecular weight is 435 g/mol. The molecule has 0 aliphatic carbocycles. The summed E-state index contributed by atoms with van der Waals surface area (Å²) >= 11 is 0. The molecule has 0 spiro atoms. The van der Waals surface area contributed by atoms with Crippen LogP contribution in [0.2, 0.25) is 0 Å². The number of nitrogens with one attached hydrogen (secondary N) is 1. The highest BCUT2D eigenvalue weighted by molar-refractivity contribution is 7.92. The maximum absolute atomic E-state index is 13.0. The Bertz CT molecular complexity index is 1280. The first-order valence-corrected chi connectivity index (χ1v) is 11.4. The first-order valence-electron chi connectivity index (χ1n) is 9.95. The quantitative estimate of drug-likeness (QED) is 0.443. The van der Waals surface area contributed by atoms with Crippen LogP contribution in [-0.4, -0.2) is 23.4 Å². The minimum atomic E-state index is -3.86. The van der Waals surface area contributed by atoms with E-state index in [9.17, 15) is 8.42 Å². The van der Waals surface area contributed by atoms with E-state index in [0.717, 1.165) is 24.0 Å². The third-order valence-electron chi connectivity index (χ3n) is 4.64. The summed E-state index contributed by atoms with van der Waals surface area (Å²) in [7, 11) is -3.86. The van der Waals surface area contributed by atoms with Crippen molar-refractivity contribution in [3.8, 4) is 5.88 Å². The zero-order valence-electron chi connectivity index (χ0n) is 17.0. The summed E-state index contributed by atoms with van der Waals surface area (Å²) in [5, 5.41) is 0. The number of para-hydroxylation sites is 2. The van der Waals surface area contributed by atoms with Crippen LogP contribution in [0.4, 0.5) is 5.82 Å². The number of ether oxygens (including phenoxy) is 1. The van der Waals surface area contributed by atoms with Crippen LogP contribution in [0.15, 0.2) is 78.0 Å². The van der Waals surface area contributed by atoms with Crippen LogP contribution in [-0.2, 0) is 23.1 Å². The molecule has 1 N–H and O–H groups in total. The van der Waals surface area contributed by atoms with Gasteiger partial charge in [0.25, 0.3) is 15.9 Å². The van der Waals surface area contributed by atoms with E-state index in [1.165, 1.54) is 0 Å². The summed E-state index contributed by atoms with van der Waals surface area (Å²) in [4.78, 5) is 13.1. The van der Waals surface area contributed by atoms with Crippen molar-refractivity contribution in [2.24, 2.45) is 0 Å². The number of anilines is 1. The number of fused-ring (bicyclic) bond motifs is 1. The van der Waals surface area contributed by atoms with Gasteiger partial charge in [0.2, 0.25) is 5.82 Å². The van der Waals surface area contributed by atoms with Gasteiger partial charge in [0.15, 0.2) is 0 Å². The summed E-state index contributed by atoms with van der Waals surface area (Å²) in [5.74, 6) is 0.147. The molecule has 2 heterocycles. The Morgan fingerprint density at radius 3 is 2.32 bits per heavy atom. The molecule has 0 saturated heterocycles. The minimum absolute atomic E-state index is 0.0419. The number of sulfonamides is 1. The van der Waals surface area contributed by atoms with Crippen LogP contribution in [0, 0.1) is 0 Å². The topological polar surface area (TPSA) is 94.1 Å². The number of nitrogens with zero attached hydrogens (tertiary/aromatic N) is 3. The van der Waals surface area contributed by atoms with E-state index in [1.807, 2.05) is 30.3 Å². The summed E-state index contributed by atoms with van der Waals surface area (Å²) < 4.78 is 34.3. The molecule has 0 fully saturated rings. The molecular formula is C23H22N4O3S. The number of pyridine rings is 1. The van der Waals surface area contributed by atoms with E-state index in [1.54, 1.807) is 42.7 Å². The van der Waals surface area contributed by atoms with Crippen molar-refractivity contribution in [2.75, 3.05) is 4.72 Å². The van der Waals surface area contributed by atoms with Crippen molar-refractivity contribution in [2.45, 2.75) is 31.3 Å². The molecule has 0 unspecified atom stereocenters. The third kappa shape index (κ3) is 4.97. The molecule has 7 nitrogen and oxygen atoms in total. The molecule has 158 valence electrons. The lowest BCUT2D eigenvalue weighted by Crippen LogP contribution is -2.16. The second-order valence-electron chi connectivity index (χ2n) is 7.02. The second kappa shape index (κ2) is 9.09. The zero-order valence-corrected chi connectivity index (χ0v) is 17.8. The molecule has 31 heavy (non-hydrogen) atoms. The van der Waals surface area contributed by atoms with Gasteiger partial charge < -0.3 is 4.74 Å². The molecular weight excluding hydrogens is 412 g/mol. The Morgan fingerprint density at radius 1 is 0.903 bits per heavy atom. The van der Waals surface area contributed by atoms with Crippen LogP contribution < -0.4 is 9.46 Å². The van der Waals surface area contributed by atoms with E-state index < -0.39 is 10.0 Å². The van der Waals surface area contributed by atoms with E-state index in [-0.39, 0.29) is 23.2 Å². The zero-order chi connectivity index (χ0) is 21.7. The fraction of sp³-hybridized carbons (Fsp3) is 0.174. The van der Waals surface area contributed by atoms with Gasteiger partial charge in [-0.05, 0) is 42.3 Å². The SMILES string of the molecule is CCCc1ccc(S(=O)(=O)Nc2nc3ccccc3nc2OCc2cccnc2)cc1. The number of benzene rings is 2. The van der Waals surface area contributed by atoms with Crippen molar-refractivity contribution in [1.82, 2.24) is 15.0 Å². The van der Waals surface area contributed by atoms with Crippen molar-refractivity contribution < 1.29 is 13.2 Å². The third-order valence-corrected chi connectivity index (χ3v) is 6.00. The average Bonchev–Trinajstić information content (AvgIpc) is 2.79. The Balaban J connectivity index is 1.65. The van der Waals surface area contributed by atoms with E-state index in [0.29, 0.717) is 11.0 Å². The Labute approximate surface area is 181 Å². The maximum Gasteiger partial charge on any atom is 0.263 e. The Kier molecular flexibility index (Phi) is 6.08. The smallest absolute Gasteiger partial charge is 0.263 e. The highest BCUT2D eigenvalue weighted by Gasteiger charge is 2.20. The normalized spacial score (nSPS) is 11.4. The molecule has 0 aliphatic heterocycles. The monoisotopic (exact) mass is 434 g/mol. The van der Waals surface area contributed by atoms with Gasteiger partial charge in [-0.2, -0.15) is 0 Å². The van der Waals surface area contributed by atoms with Crippen molar-refractivity contribution in [3.05, 3.63) is 84.2 Å². The summed E-state index contributed by atoms with van der Waals surface area (Å²) in [6.07, 6.45) is 5.24. The standard InChI is InChI=1S/C23H22N4O3S/c1-2-6-17-10-12-19(13-11-17)31(28,29)27-22-23(30-16-18-7-5-14-24-15-18)26-21-9-4-3-8-20(21)25-22/h3-5,7-15H,2,6,16H2,1H3,(H,25,27). The summed E-state index contributed by atoms with van der Waals surface area (Å²) in [6.45, 7) is 2.26.